The third kappa shape index (κ3) is 7.86. The van der Waals surface area contributed by atoms with Crippen molar-refractivity contribution in [2.45, 2.75) is 13.8 Å². The summed E-state index contributed by atoms with van der Waals surface area (Å²) in [5.74, 6) is 0.974. The average molecular weight is 378 g/mol. The molecule has 8 nitrogen and oxygen atoms in total. The van der Waals surface area contributed by atoms with Gasteiger partial charge in [-0.15, -0.1) is 0 Å². The molecule has 0 radical (unpaired) electrons. The highest BCUT2D eigenvalue weighted by Crippen LogP contribution is 2.13. The predicted molar refractivity (Wildman–Crippen MR) is 115 cm³/mol. The van der Waals surface area contributed by atoms with E-state index in [1.807, 2.05) is 61.6 Å². The van der Waals surface area contributed by atoms with Gasteiger partial charge in [0.25, 0.3) is 0 Å². The number of nitrogens with zero attached hydrogens (tertiary/aromatic N) is 3. The van der Waals surface area contributed by atoms with Crippen LogP contribution in [0, 0.1) is 0 Å². The van der Waals surface area contributed by atoms with Gasteiger partial charge in [-0.1, -0.05) is 13.8 Å². The summed E-state index contributed by atoms with van der Waals surface area (Å²) in [5, 5.41) is 3.43. The van der Waals surface area contributed by atoms with Crippen LogP contribution in [0.4, 0.5) is 17.3 Å². The molecule has 1 heterocycles. The first-order chi connectivity index (χ1) is 13.1. The van der Waals surface area contributed by atoms with Crippen molar-refractivity contribution in [2.24, 2.45) is 25.6 Å². The number of nitrogens with one attached hydrogen (secondary N) is 3. The molecule has 0 saturated heterocycles. The number of anilines is 3. The standard InChI is InChI=1S/C17H30N8.C2H6/c1-23-13-14-24(2)17(23)22-21-16-5-3-15(4-6-16)20-9-12-25(10-7-18)11-8-19;1-2/h3-6,13-14,20-21H,7-12,18-19H2,1-2H3;1-2H3/p+1. The molecule has 2 aromatic rings. The van der Waals surface area contributed by atoms with Crippen LogP contribution in [0.3, 0.4) is 0 Å². The zero-order valence-electron chi connectivity index (χ0n) is 17.2. The number of imidazole rings is 1. The van der Waals surface area contributed by atoms with E-state index in [9.17, 15) is 0 Å². The van der Waals surface area contributed by atoms with Gasteiger partial charge in [0.15, 0.2) is 0 Å². The van der Waals surface area contributed by atoms with Gasteiger partial charge in [-0.25, -0.2) is 9.13 Å². The molecule has 27 heavy (non-hydrogen) atoms. The molecule has 0 atom stereocenters. The van der Waals surface area contributed by atoms with Gasteiger partial charge in [0.1, 0.15) is 0 Å². The number of hydrazine groups is 1. The first-order valence-corrected chi connectivity index (χ1v) is 9.63. The smallest absolute Gasteiger partial charge is 0.378 e. The van der Waals surface area contributed by atoms with Crippen LogP contribution in [0.1, 0.15) is 13.8 Å². The Bertz CT molecular complexity index is 598. The molecule has 0 fully saturated rings. The summed E-state index contributed by atoms with van der Waals surface area (Å²) in [4.78, 5) is 2.27. The molecule has 0 aliphatic carbocycles. The second-order valence-electron chi connectivity index (χ2n) is 6.02. The maximum absolute atomic E-state index is 5.62. The minimum absolute atomic E-state index is 0.659. The molecule has 8 heteroatoms. The number of rotatable bonds is 11. The van der Waals surface area contributed by atoms with E-state index in [0.29, 0.717) is 13.1 Å². The summed E-state index contributed by atoms with van der Waals surface area (Å²) in [6.45, 7) is 8.87. The third-order valence-electron chi connectivity index (χ3n) is 4.03. The Hall–Kier alpha value is -2.29. The Morgan fingerprint density at radius 3 is 2.07 bits per heavy atom. The molecule has 0 bridgehead atoms. The van der Waals surface area contributed by atoms with Crippen LogP contribution in [-0.4, -0.2) is 48.7 Å². The summed E-state index contributed by atoms with van der Waals surface area (Å²) in [6.07, 6.45) is 3.99. The van der Waals surface area contributed by atoms with Crippen LogP contribution in [0.2, 0.25) is 0 Å². The van der Waals surface area contributed by atoms with Crippen LogP contribution in [-0.2, 0) is 14.1 Å². The van der Waals surface area contributed by atoms with Crippen molar-refractivity contribution in [1.29, 1.82) is 0 Å². The average Bonchev–Trinajstić information content (AvgIpc) is 3.01. The van der Waals surface area contributed by atoms with Gasteiger partial charge in [0.05, 0.1) is 32.2 Å². The molecule has 2 rings (SSSR count). The Morgan fingerprint density at radius 1 is 0.963 bits per heavy atom. The number of aryl methyl sites for hydroxylation is 2. The van der Waals surface area contributed by atoms with E-state index in [1.165, 1.54) is 0 Å². The second kappa shape index (κ2) is 13.0. The summed E-state index contributed by atoms with van der Waals surface area (Å²) >= 11 is 0. The minimum Gasteiger partial charge on any atom is -0.384 e. The molecule has 0 aliphatic heterocycles. The Morgan fingerprint density at radius 2 is 1.56 bits per heavy atom. The predicted octanol–water partition coefficient (Wildman–Crippen LogP) is 0.946. The topological polar surface area (TPSA) is 100 Å². The van der Waals surface area contributed by atoms with Crippen LogP contribution >= 0.6 is 0 Å². The maximum Gasteiger partial charge on any atom is 0.378 e. The van der Waals surface area contributed by atoms with Crippen molar-refractivity contribution in [2.75, 3.05) is 55.4 Å². The monoisotopic (exact) mass is 377 g/mol. The van der Waals surface area contributed by atoms with Crippen molar-refractivity contribution in [3.05, 3.63) is 36.7 Å². The van der Waals surface area contributed by atoms with Gasteiger partial charge < -0.3 is 16.8 Å². The van der Waals surface area contributed by atoms with Crippen molar-refractivity contribution in [1.82, 2.24) is 9.47 Å². The number of benzene rings is 1. The van der Waals surface area contributed by atoms with E-state index in [1.54, 1.807) is 0 Å². The molecular formula is C19H37N8+. The van der Waals surface area contributed by atoms with E-state index in [4.69, 9.17) is 11.5 Å². The van der Waals surface area contributed by atoms with Gasteiger partial charge in [-0.2, -0.15) is 5.43 Å². The molecule has 0 spiro atoms. The highest BCUT2D eigenvalue weighted by Gasteiger charge is 2.09. The van der Waals surface area contributed by atoms with E-state index in [2.05, 4.69) is 33.2 Å². The zero-order chi connectivity index (χ0) is 20.1. The quantitative estimate of drug-likeness (QED) is 0.295. The van der Waals surface area contributed by atoms with Crippen molar-refractivity contribution >= 4 is 17.3 Å². The van der Waals surface area contributed by atoms with Crippen molar-refractivity contribution in [3.8, 4) is 0 Å². The summed E-state index contributed by atoms with van der Waals surface area (Å²) in [5.41, 5.74) is 19.8. The molecule has 0 amide bonds. The van der Waals surface area contributed by atoms with Crippen LogP contribution in [0.25, 0.3) is 0 Å². The Balaban J connectivity index is 0.00000176. The lowest BCUT2D eigenvalue weighted by atomic mass is 10.3. The minimum atomic E-state index is 0.659. The van der Waals surface area contributed by atoms with Gasteiger partial charge in [0, 0.05) is 45.0 Å². The number of nitrogens with two attached hydrogens (primary N) is 2. The number of hydrogen-bond acceptors (Lipinski definition) is 6. The fraction of sp³-hybridized carbons (Fsp3) is 0.526. The summed E-state index contributed by atoms with van der Waals surface area (Å²) in [6, 6.07) is 8.20. The normalized spacial score (nSPS) is 10.3. The van der Waals surface area contributed by atoms with E-state index < -0.39 is 0 Å². The number of hydrogen-bond donors (Lipinski definition) is 5. The van der Waals surface area contributed by atoms with E-state index in [0.717, 1.165) is 43.5 Å². The Labute approximate surface area is 163 Å². The highest BCUT2D eigenvalue weighted by atomic mass is 15.4. The van der Waals surface area contributed by atoms with Crippen LogP contribution in [0.5, 0.6) is 0 Å². The fourth-order valence-corrected chi connectivity index (χ4v) is 2.62. The lowest BCUT2D eigenvalue weighted by molar-refractivity contribution is -0.656. The zero-order valence-corrected chi connectivity index (χ0v) is 17.2. The fourth-order valence-electron chi connectivity index (χ4n) is 2.62. The van der Waals surface area contributed by atoms with Gasteiger partial charge in [-0.3, -0.25) is 10.3 Å². The second-order valence-corrected chi connectivity index (χ2v) is 6.02. The lowest BCUT2D eigenvalue weighted by Gasteiger charge is -2.21. The van der Waals surface area contributed by atoms with E-state index in [-0.39, 0.29) is 0 Å². The molecule has 152 valence electrons. The van der Waals surface area contributed by atoms with Crippen LogP contribution < -0.4 is 32.2 Å². The molecule has 0 unspecified atom stereocenters. The van der Waals surface area contributed by atoms with Gasteiger partial charge in [-0.05, 0) is 24.3 Å². The highest BCUT2D eigenvalue weighted by molar-refractivity contribution is 5.55. The molecule has 0 aliphatic rings. The molecule has 1 aromatic carbocycles. The first-order valence-electron chi connectivity index (χ1n) is 9.63. The van der Waals surface area contributed by atoms with Gasteiger partial charge in [0.2, 0.25) is 0 Å². The largest absolute Gasteiger partial charge is 0.384 e. The summed E-state index contributed by atoms with van der Waals surface area (Å²) in [7, 11) is 3.99. The maximum atomic E-state index is 5.62. The molecule has 7 N–H and O–H groups in total. The Kier molecular flexibility index (Phi) is 10.9. The SMILES string of the molecule is CC.Cn1cc[n+](C)c1NNc1ccc(NCCN(CCN)CCN)cc1. The number of aromatic nitrogens is 2. The molecule has 1 aromatic heterocycles. The lowest BCUT2D eigenvalue weighted by Crippen LogP contribution is -2.37. The van der Waals surface area contributed by atoms with E-state index >= 15 is 0 Å². The summed E-state index contributed by atoms with van der Waals surface area (Å²) < 4.78 is 4.02. The molecule has 0 saturated carbocycles. The van der Waals surface area contributed by atoms with Crippen LogP contribution in [0.15, 0.2) is 36.7 Å². The van der Waals surface area contributed by atoms with Crippen molar-refractivity contribution in [3.63, 3.8) is 0 Å². The van der Waals surface area contributed by atoms with Crippen molar-refractivity contribution < 1.29 is 4.57 Å². The third-order valence-corrected chi connectivity index (χ3v) is 4.03. The molecular weight excluding hydrogens is 340 g/mol. The van der Waals surface area contributed by atoms with Gasteiger partial charge >= 0.3 is 5.95 Å². The first kappa shape index (κ1) is 22.8.